The molecule has 0 saturated heterocycles. The second kappa shape index (κ2) is 6.35. The first-order valence-corrected chi connectivity index (χ1v) is 7.68. The van der Waals surface area contributed by atoms with Crippen LogP contribution in [0, 0.1) is 0 Å². The van der Waals surface area contributed by atoms with Crippen molar-refractivity contribution in [2.75, 3.05) is 5.32 Å². The van der Waals surface area contributed by atoms with E-state index in [1.165, 1.54) is 0 Å². The highest BCUT2D eigenvalue weighted by Crippen LogP contribution is 2.36. The van der Waals surface area contributed by atoms with Gasteiger partial charge in [0.15, 0.2) is 0 Å². The van der Waals surface area contributed by atoms with Crippen molar-refractivity contribution in [2.24, 2.45) is 0 Å². The molecule has 0 heterocycles. The lowest BCUT2D eigenvalue weighted by atomic mass is 10.2. The summed E-state index contributed by atoms with van der Waals surface area (Å²) in [6.07, 6.45) is 0. The monoisotopic (exact) mass is 423 g/mol. The lowest BCUT2D eigenvalue weighted by Crippen LogP contribution is -2.00. The highest BCUT2D eigenvalue weighted by atomic mass is 79.9. The van der Waals surface area contributed by atoms with Crippen molar-refractivity contribution in [1.29, 1.82) is 0 Å². The molecule has 0 unspecified atom stereocenters. The number of nitrogens with one attached hydrogen (secondary N) is 1. The van der Waals surface area contributed by atoms with Gasteiger partial charge in [-0.05, 0) is 61.7 Å². The summed E-state index contributed by atoms with van der Waals surface area (Å²) >= 11 is 18.8. The Morgan fingerprint density at radius 2 is 1.74 bits per heavy atom. The molecule has 0 amide bonds. The fourth-order valence-electron chi connectivity index (χ4n) is 1.52. The minimum absolute atomic E-state index is 0.216. The van der Waals surface area contributed by atoms with Crippen LogP contribution in [0.5, 0.6) is 5.75 Å². The first kappa shape index (κ1) is 15.0. The second-order valence-electron chi connectivity index (χ2n) is 3.86. The van der Waals surface area contributed by atoms with Crippen LogP contribution in [-0.2, 0) is 6.54 Å². The number of hydrogen-bond acceptors (Lipinski definition) is 2. The van der Waals surface area contributed by atoms with Gasteiger partial charge in [-0.15, -0.1) is 0 Å². The molecule has 2 N–H and O–H groups in total. The molecule has 0 fully saturated rings. The number of phenols is 1. The van der Waals surface area contributed by atoms with Crippen molar-refractivity contribution in [3.63, 3.8) is 0 Å². The van der Waals surface area contributed by atoms with E-state index in [2.05, 4.69) is 37.2 Å². The van der Waals surface area contributed by atoms with E-state index in [1.54, 1.807) is 6.07 Å². The summed E-state index contributed by atoms with van der Waals surface area (Å²) in [4.78, 5) is 0. The predicted molar refractivity (Wildman–Crippen MR) is 87.3 cm³/mol. The molecule has 2 aromatic rings. The van der Waals surface area contributed by atoms with Gasteiger partial charge in [0, 0.05) is 11.0 Å². The SMILES string of the molecule is Oc1ccc(CNc2ccc(Br)c(Cl)c2Cl)cc1Br. The fraction of sp³-hybridized carbons (Fsp3) is 0.0769. The average Bonchev–Trinajstić information content (AvgIpc) is 2.39. The molecule has 0 aromatic heterocycles. The molecule has 2 nitrogen and oxygen atoms in total. The number of halogens is 4. The standard InChI is InChI=1S/C13H9Br2Cl2NO/c14-8-2-3-10(13(17)12(8)16)18-6-7-1-4-11(19)9(15)5-7/h1-5,18-19H,6H2. The third-order valence-corrected chi connectivity index (χ3v) is 4.94. The fourth-order valence-corrected chi connectivity index (χ4v) is 2.79. The van der Waals surface area contributed by atoms with Crippen molar-refractivity contribution in [2.45, 2.75) is 6.54 Å². The highest BCUT2D eigenvalue weighted by molar-refractivity contribution is 9.10. The van der Waals surface area contributed by atoms with E-state index in [-0.39, 0.29) is 5.75 Å². The van der Waals surface area contributed by atoms with Crippen LogP contribution in [0.15, 0.2) is 39.3 Å². The molecule has 0 aliphatic rings. The van der Waals surface area contributed by atoms with Crippen LogP contribution in [0.25, 0.3) is 0 Å². The normalized spacial score (nSPS) is 10.5. The van der Waals surface area contributed by atoms with Gasteiger partial charge in [0.05, 0.1) is 20.2 Å². The van der Waals surface area contributed by atoms with Gasteiger partial charge in [-0.3, -0.25) is 0 Å². The summed E-state index contributed by atoms with van der Waals surface area (Å²) in [7, 11) is 0. The van der Waals surface area contributed by atoms with Crippen molar-refractivity contribution in [3.05, 3.63) is 54.9 Å². The van der Waals surface area contributed by atoms with Crippen molar-refractivity contribution < 1.29 is 5.11 Å². The molecule has 0 aliphatic carbocycles. The van der Waals surface area contributed by atoms with Gasteiger partial charge in [-0.25, -0.2) is 0 Å². The molecule has 2 aromatic carbocycles. The Kier molecular flexibility index (Phi) is 5.01. The van der Waals surface area contributed by atoms with E-state index < -0.39 is 0 Å². The van der Waals surface area contributed by atoms with Crippen molar-refractivity contribution >= 4 is 60.7 Å². The summed E-state index contributed by atoms with van der Waals surface area (Å²) in [5, 5.41) is 13.6. The summed E-state index contributed by atoms with van der Waals surface area (Å²) in [6, 6.07) is 9.01. The topological polar surface area (TPSA) is 32.3 Å². The minimum atomic E-state index is 0.216. The lowest BCUT2D eigenvalue weighted by Gasteiger charge is -2.11. The molecule has 0 radical (unpaired) electrons. The second-order valence-corrected chi connectivity index (χ2v) is 6.33. The summed E-state index contributed by atoms with van der Waals surface area (Å²) in [5.74, 6) is 0.216. The molecule has 19 heavy (non-hydrogen) atoms. The predicted octanol–water partition coefficient (Wildman–Crippen LogP) is 5.84. The van der Waals surface area contributed by atoms with Crippen molar-refractivity contribution in [3.8, 4) is 5.75 Å². The smallest absolute Gasteiger partial charge is 0.129 e. The maximum absolute atomic E-state index is 9.43. The zero-order chi connectivity index (χ0) is 14.0. The molecule has 0 saturated carbocycles. The Hall–Kier alpha value is -0.420. The van der Waals surface area contributed by atoms with Gasteiger partial charge in [0.1, 0.15) is 5.75 Å². The van der Waals surface area contributed by atoms with Gasteiger partial charge < -0.3 is 10.4 Å². The van der Waals surface area contributed by atoms with E-state index in [9.17, 15) is 5.11 Å². The molecule has 6 heteroatoms. The van der Waals surface area contributed by atoms with E-state index >= 15 is 0 Å². The third kappa shape index (κ3) is 3.57. The van der Waals surface area contributed by atoms with Crippen molar-refractivity contribution in [1.82, 2.24) is 0 Å². The molecule has 0 spiro atoms. The molecule has 0 aliphatic heterocycles. The maximum Gasteiger partial charge on any atom is 0.129 e. The van der Waals surface area contributed by atoms with Gasteiger partial charge in [0.2, 0.25) is 0 Å². The first-order chi connectivity index (χ1) is 8.99. The van der Waals surface area contributed by atoms with Gasteiger partial charge >= 0.3 is 0 Å². The molecular weight excluding hydrogens is 417 g/mol. The molecule has 0 atom stereocenters. The quantitative estimate of drug-likeness (QED) is 0.606. The van der Waals surface area contributed by atoms with Crippen LogP contribution in [0.4, 0.5) is 5.69 Å². The number of rotatable bonds is 3. The summed E-state index contributed by atoms with van der Waals surface area (Å²) in [6.45, 7) is 0.580. The zero-order valence-corrected chi connectivity index (χ0v) is 14.2. The Balaban J connectivity index is 2.14. The van der Waals surface area contributed by atoms with Crippen LogP contribution in [-0.4, -0.2) is 5.11 Å². The Bertz CT molecular complexity index is 620. The van der Waals surface area contributed by atoms with Gasteiger partial charge in [-0.1, -0.05) is 29.3 Å². The minimum Gasteiger partial charge on any atom is -0.507 e. The largest absolute Gasteiger partial charge is 0.507 e. The van der Waals surface area contributed by atoms with Gasteiger partial charge in [0.25, 0.3) is 0 Å². The molecule has 2 rings (SSSR count). The Labute approximate surface area is 138 Å². The Morgan fingerprint density at radius 3 is 2.42 bits per heavy atom. The molecule has 100 valence electrons. The number of anilines is 1. The zero-order valence-electron chi connectivity index (χ0n) is 9.55. The van der Waals surface area contributed by atoms with E-state index in [4.69, 9.17) is 23.2 Å². The number of phenolic OH excluding ortho intramolecular Hbond substituents is 1. The third-order valence-electron chi connectivity index (χ3n) is 2.53. The van der Waals surface area contributed by atoms with Crippen LogP contribution < -0.4 is 5.32 Å². The van der Waals surface area contributed by atoms with Crippen LogP contribution >= 0.6 is 55.1 Å². The van der Waals surface area contributed by atoms with E-state index in [1.807, 2.05) is 24.3 Å². The maximum atomic E-state index is 9.43. The first-order valence-electron chi connectivity index (χ1n) is 5.34. The van der Waals surface area contributed by atoms with Crippen LogP contribution in [0.2, 0.25) is 10.0 Å². The van der Waals surface area contributed by atoms with E-state index in [0.717, 1.165) is 15.7 Å². The number of aromatic hydroxyl groups is 1. The summed E-state index contributed by atoms with van der Waals surface area (Å²) in [5.41, 5.74) is 1.78. The molecule has 0 bridgehead atoms. The summed E-state index contributed by atoms with van der Waals surface area (Å²) < 4.78 is 1.42. The molecular formula is C13H9Br2Cl2NO. The van der Waals surface area contributed by atoms with Gasteiger partial charge in [-0.2, -0.15) is 0 Å². The highest BCUT2D eigenvalue weighted by Gasteiger charge is 2.08. The number of hydrogen-bond donors (Lipinski definition) is 2. The average molecular weight is 426 g/mol. The lowest BCUT2D eigenvalue weighted by molar-refractivity contribution is 0.471. The number of benzene rings is 2. The van der Waals surface area contributed by atoms with Crippen LogP contribution in [0.1, 0.15) is 5.56 Å². The Morgan fingerprint density at radius 1 is 1.00 bits per heavy atom. The van der Waals surface area contributed by atoms with Crippen LogP contribution in [0.3, 0.4) is 0 Å². The van der Waals surface area contributed by atoms with E-state index in [0.29, 0.717) is 21.1 Å².